The van der Waals surface area contributed by atoms with E-state index in [0.717, 1.165) is 10.6 Å². The molecule has 33 heavy (non-hydrogen) atoms. The summed E-state index contributed by atoms with van der Waals surface area (Å²) < 4.78 is 36.7. The summed E-state index contributed by atoms with van der Waals surface area (Å²) in [6.07, 6.45) is 0.991. The van der Waals surface area contributed by atoms with E-state index in [4.69, 9.17) is 21.1 Å². The Morgan fingerprint density at radius 2 is 1.79 bits per heavy atom. The number of halogens is 1. The highest BCUT2D eigenvalue weighted by Crippen LogP contribution is 2.33. The lowest BCUT2D eigenvalue weighted by molar-refractivity contribution is -0.139. The zero-order chi connectivity index (χ0) is 24.8. The van der Waals surface area contributed by atoms with Gasteiger partial charge in [0.1, 0.15) is 24.1 Å². The SMILES string of the molecule is CNC(=O)[C@@H](C)N(Cc1ccccc1Cl)C(=O)CN(c1ccc(OC)cc1OC)S(C)(=O)=O. The van der Waals surface area contributed by atoms with Crippen molar-refractivity contribution in [2.24, 2.45) is 0 Å². The Morgan fingerprint density at radius 3 is 2.33 bits per heavy atom. The van der Waals surface area contributed by atoms with Crippen LogP contribution < -0.4 is 19.1 Å². The summed E-state index contributed by atoms with van der Waals surface area (Å²) in [6.45, 7) is 1.03. The van der Waals surface area contributed by atoms with Crippen LogP contribution in [0.25, 0.3) is 0 Å². The average molecular weight is 498 g/mol. The summed E-state index contributed by atoms with van der Waals surface area (Å²) in [5.74, 6) is -0.314. The number of nitrogens with one attached hydrogen (secondary N) is 1. The molecule has 9 nitrogen and oxygen atoms in total. The van der Waals surface area contributed by atoms with E-state index >= 15 is 0 Å². The molecule has 2 amide bonds. The van der Waals surface area contributed by atoms with E-state index in [1.165, 1.54) is 38.3 Å². The molecule has 0 aliphatic rings. The molecule has 0 unspecified atom stereocenters. The maximum atomic E-state index is 13.4. The second-order valence-corrected chi connectivity index (χ2v) is 9.52. The molecule has 0 aliphatic carbocycles. The molecule has 0 aromatic heterocycles. The lowest BCUT2D eigenvalue weighted by atomic mass is 10.1. The van der Waals surface area contributed by atoms with E-state index in [9.17, 15) is 18.0 Å². The van der Waals surface area contributed by atoms with Crippen LogP contribution in [-0.2, 0) is 26.2 Å². The van der Waals surface area contributed by atoms with Gasteiger partial charge in [0.25, 0.3) is 0 Å². The molecule has 0 radical (unpaired) electrons. The summed E-state index contributed by atoms with van der Waals surface area (Å²) in [4.78, 5) is 27.0. The second-order valence-electron chi connectivity index (χ2n) is 7.21. The van der Waals surface area contributed by atoms with Crippen molar-refractivity contribution in [2.75, 3.05) is 38.4 Å². The Bertz CT molecular complexity index is 1110. The molecule has 0 spiro atoms. The predicted molar refractivity (Wildman–Crippen MR) is 127 cm³/mol. The van der Waals surface area contributed by atoms with E-state index in [2.05, 4.69) is 5.32 Å². The van der Waals surface area contributed by atoms with Crippen molar-refractivity contribution in [3.05, 3.63) is 53.1 Å². The summed E-state index contributed by atoms with van der Waals surface area (Å²) in [7, 11) is 0.426. The van der Waals surface area contributed by atoms with Crippen LogP contribution >= 0.6 is 11.6 Å². The van der Waals surface area contributed by atoms with Crippen molar-refractivity contribution in [1.82, 2.24) is 10.2 Å². The first kappa shape index (κ1) is 26.3. The summed E-state index contributed by atoms with van der Waals surface area (Å²) in [5, 5.41) is 2.94. The fourth-order valence-electron chi connectivity index (χ4n) is 3.19. The van der Waals surface area contributed by atoms with Gasteiger partial charge in [-0.25, -0.2) is 8.42 Å². The number of ether oxygens (including phenoxy) is 2. The van der Waals surface area contributed by atoms with Gasteiger partial charge in [-0.15, -0.1) is 0 Å². The van der Waals surface area contributed by atoms with Crippen LogP contribution in [0.2, 0.25) is 5.02 Å². The van der Waals surface area contributed by atoms with Crippen molar-refractivity contribution in [2.45, 2.75) is 19.5 Å². The molecule has 2 aromatic carbocycles. The molecule has 180 valence electrons. The van der Waals surface area contributed by atoms with Crippen LogP contribution in [0.3, 0.4) is 0 Å². The van der Waals surface area contributed by atoms with Crippen LogP contribution in [-0.4, -0.2) is 65.2 Å². The molecular formula is C22H28ClN3O6S. The first-order chi connectivity index (χ1) is 15.5. The molecule has 1 N–H and O–H groups in total. The van der Waals surface area contributed by atoms with Gasteiger partial charge in [0.15, 0.2) is 0 Å². The normalized spacial score (nSPS) is 11.9. The minimum Gasteiger partial charge on any atom is -0.497 e. The molecule has 0 bridgehead atoms. The first-order valence-corrected chi connectivity index (χ1v) is 12.2. The largest absolute Gasteiger partial charge is 0.497 e. The Balaban J connectivity index is 2.47. The number of amides is 2. The summed E-state index contributed by atoms with van der Waals surface area (Å²) in [6, 6.07) is 10.6. The van der Waals surface area contributed by atoms with E-state index in [0.29, 0.717) is 16.3 Å². The minimum absolute atomic E-state index is 0.0183. The number of sulfonamides is 1. The molecular weight excluding hydrogens is 470 g/mol. The number of carbonyl (C=O) groups excluding carboxylic acids is 2. The van der Waals surface area contributed by atoms with E-state index in [1.54, 1.807) is 37.3 Å². The van der Waals surface area contributed by atoms with Crippen LogP contribution in [0.4, 0.5) is 5.69 Å². The standard InChI is InChI=1S/C22H28ClN3O6S/c1-15(22(28)24-2)25(13-16-8-6-7-9-18(16)23)21(27)14-26(33(5,29)30)19-11-10-17(31-3)12-20(19)32-4/h6-12,15H,13-14H2,1-5H3,(H,24,28)/t15-/m1/s1. The molecule has 0 aliphatic heterocycles. The lowest BCUT2D eigenvalue weighted by Crippen LogP contribution is -2.50. The average Bonchev–Trinajstić information content (AvgIpc) is 2.79. The Hall–Kier alpha value is -2.98. The fourth-order valence-corrected chi connectivity index (χ4v) is 4.24. The van der Waals surface area contributed by atoms with Gasteiger partial charge in [-0.2, -0.15) is 0 Å². The quantitative estimate of drug-likeness (QED) is 0.540. The van der Waals surface area contributed by atoms with E-state index in [1.807, 2.05) is 0 Å². The summed E-state index contributed by atoms with van der Waals surface area (Å²) in [5.41, 5.74) is 0.788. The third-order valence-corrected chi connectivity index (χ3v) is 6.54. The number of hydrogen-bond acceptors (Lipinski definition) is 6. The molecule has 0 saturated heterocycles. The zero-order valence-corrected chi connectivity index (χ0v) is 20.7. The monoisotopic (exact) mass is 497 g/mol. The number of rotatable bonds is 10. The lowest BCUT2D eigenvalue weighted by Gasteiger charge is -2.31. The zero-order valence-electron chi connectivity index (χ0n) is 19.2. The Kier molecular flexibility index (Phi) is 8.95. The summed E-state index contributed by atoms with van der Waals surface area (Å²) >= 11 is 6.26. The predicted octanol–water partition coefficient (Wildman–Crippen LogP) is 2.29. The number of methoxy groups -OCH3 is 2. The smallest absolute Gasteiger partial charge is 0.244 e. The molecule has 11 heteroatoms. The van der Waals surface area contributed by atoms with Gasteiger partial charge in [-0.1, -0.05) is 29.8 Å². The van der Waals surface area contributed by atoms with E-state index in [-0.39, 0.29) is 18.0 Å². The van der Waals surface area contributed by atoms with Crippen molar-refractivity contribution in [3.8, 4) is 11.5 Å². The Labute approximate surface area is 199 Å². The van der Waals surface area contributed by atoms with Gasteiger partial charge in [0.05, 0.1) is 26.2 Å². The molecule has 0 fully saturated rings. The van der Waals surface area contributed by atoms with Crippen LogP contribution in [0.15, 0.2) is 42.5 Å². The number of likely N-dealkylation sites (N-methyl/N-ethyl adjacent to an activating group) is 1. The van der Waals surface area contributed by atoms with Crippen molar-refractivity contribution < 1.29 is 27.5 Å². The van der Waals surface area contributed by atoms with Gasteiger partial charge in [-0.05, 0) is 30.7 Å². The molecule has 1 atom stereocenters. The van der Waals surface area contributed by atoms with Crippen molar-refractivity contribution in [3.63, 3.8) is 0 Å². The van der Waals surface area contributed by atoms with Gasteiger partial charge in [-0.3, -0.25) is 13.9 Å². The minimum atomic E-state index is -3.89. The molecule has 0 heterocycles. The van der Waals surface area contributed by atoms with Crippen LogP contribution in [0, 0.1) is 0 Å². The van der Waals surface area contributed by atoms with Gasteiger partial charge in [0, 0.05) is 24.7 Å². The highest BCUT2D eigenvalue weighted by atomic mass is 35.5. The maximum absolute atomic E-state index is 13.4. The fraction of sp³-hybridized carbons (Fsp3) is 0.364. The molecule has 2 rings (SSSR count). The van der Waals surface area contributed by atoms with Gasteiger partial charge < -0.3 is 19.7 Å². The molecule has 2 aromatic rings. The van der Waals surface area contributed by atoms with Gasteiger partial charge in [0.2, 0.25) is 21.8 Å². The topological polar surface area (TPSA) is 105 Å². The van der Waals surface area contributed by atoms with Crippen molar-refractivity contribution >= 4 is 39.1 Å². The third-order valence-electron chi connectivity index (χ3n) is 5.05. The third kappa shape index (κ3) is 6.52. The number of carbonyl (C=O) groups is 2. The van der Waals surface area contributed by atoms with Crippen LogP contribution in [0.1, 0.15) is 12.5 Å². The highest BCUT2D eigenvalue weighted by Gasteiger charge is 2.31. The molecule has 0 saturated carbocycles. The van der Waals surface area contributed by atoms with Gasteiger partial charge >= 0.3 is 0 Å². The van der Waals surface area contributed by atoms with Crippen LogP contribution in [0.5, 0.6) is 11.5 Å². The highest BCUT2D eigenvalue weighted by molar-refractivity contribution is 7.92. The maximum Gasteiger partial charge on any atom is 0.244 e. The van der Waals surface area contributed by atoms with E-state index < -0.39 is 34.4 Å². The number of benzene rings is 2. The second kappa shape index (κ2) is 11.2. The first-order valence-electron chi connectivity index (χ1n) is 9.97. The number of nitrogens with zero attached hydrogens (tertiary/aromatic N) is 2. The van der Waals surface area contributed by atoms with Crippen molar-refractivity contribution in [1.29, 1.82) is 0 Å². The number of hydrogen-bond donors (Lipinski definition) is 1. The number of anilines is 1. The Morgan fingerprint density at radius 1 is 1.12 bits per heavy atom.